The standard InChI is InChI=1S/C28H29N7O4S/c1-4-10-31-27(38)21(18-29)16-26-35(5-2)28(39)24(40-26)9-11-30-22-7-6-8-23(17-22)32-25(37)19-33-12-14-34(15-13-33)20(3)36/h1,6-8,11,17,30H,5,10,12-15,19H2,2-3H3,(H,31,38)(H,32,37). The van der Waals surface area contributed by atoms with Crippen LogP contribution in [0, 0.1) is 23.7 Å². The number of aromatic nitrogens is 1. The number of hydrogen-bond donors (Lipinski definition) is 3. The second-order valence-corrected chi connectivity index (χ2v) is 9.63. The number of carbonyl (C=O) groups excluding carboxylic acids is 3. The Morgan fingerprint density at radius 1 is 1.18 bits per heavy atom. The van der Waals surface area contributed by atoms with Crippen LogP contribution in [0.1, 0.15) is 13.8 Å². The first-order chi connectivity index (χ1) is 19.2. The van der Waals surface area contributed by atoms with E-state index in [-0.39, 0.29) is 40.6 Å². The predicted octanol–water partition coefficient (Wildman–Crippen LogP) is -0.384. The Balaban J connectivity index is 1.74. The molecule has 1 fully saturated rings. The lowest BCUT2D eigenvalue weighted by Crippen LogP contribution is -2.49. The van der Waals surface area contributed by atoms with E-state index in [1.807, 2.05) is 4.90 Å². The van der Waals surface area contributed by atoms with E-state index in [0.29, 0.717) is 48.8 Å². The highest BCUT2D eigenvalue weighted by molar-refractivity contribution is 7.07. The van der Waals surface area contributed by atoms with Gasteiger partial charge in [-0.1, -0.05) is 34.8 Å². The average Bonchev–Trinajstić information content (AvgIpc) is 3.24. The van der Waals surface area contributed by atoms with Gasteiger partial charge in [0.15, 0.2) is 5.57 Å². The topological polar surface area (TPSA) is 140 Å². The van der Waals surface area contributed by atoms with E-state index in [4.69, 9.17) is 6.42 Å². The van der Waals surface area contributed by atoms with Crippen LogP contribution in [0.4, 0.5) is 11.4 Å². The fourth-order valence-electron chi connectivity index (χ4n) is 3.84. The summed E-state index contributed by atoms with van der Waals surface area (Å²) in [6.45, 7) is 6.31. The Morgan fingerprint density at radius 2 is 1.90 bits per heavy atom. The van der Waals surface area contributed by atoms with Crippen LogP contribution in [0.25, 0.3) is 11.5 Å². The van der Waals surface area contributed by atoms with Gasteiger partial charge in [-0.2, -0.15) is 5.26 Å². The molecule has 2 heterocycles. The SMILES string of the molecule is C#CCNC(=O)C(=C=c1sc(=C=CNc2cccc(NC(=O)CN3CCN(C(C)=O)CC3)c2)c(=O)n1CC)C#N. The molecule has 0 saturated carbocycles. The number of nitrogens with zero attached hydrogens (tertiary/aromatic N) is 4. The van der Waals surface area contributed by atoms with Crippen molar-refractivity contribution < 1.29 is 14.4 Å². The molecule has 40 heavy (non-hydrogen) atoms. The quantitative estimate of drug-likeness (QED) is 0.228. The highest BCUT2D eigenvalue weighted by Gasteiger charge is 2.20. The first-order valence-corrected chi connectivity index (χ1v) is 13.3. The van der Waals surface area contributed by atoms with Gasteiger partial charge >= 0.3 is 0 Å². The summed E-state index contributed by atoms with van der Waals surface area (Å²) in [5, 5.41) is 17.6. The minimum absolute atomic E-state index is 0.0332. The monoisotopic (exact) mass is 559 g/mol. The molecule has 12 heteroatoms. The minimum Gasteiger partial charge on any atom is -0.355 e. The van der Waals surface area contributed by atoms with Gasteiger partial charge in [0.2, 0.25) is 11.8 Å². The maximum absolute atomic E-state index is 12.8. The van der Waals surface area contributed by atoms with E-state index in [0.717, 1.165) is 11.3 Å². The summed E-state index contributed by atoms with van der Waals surface area (Å²) in [6.07, 6.45) is 6.61. The van der Waals surface area contributed by atoms with Crippen LogP contribution in [-0.2, 0) is 20.9 Å². The van der Waals surface area contributed by atoms with Crippen molar-refractivity contribution in [1.29, 1.82) is 5.26 Å². The van der Waals surface area contributed by atoms with Crippen molar-refractivity contribution in [2.24, 2.45) is 0 Å². The number of rotatable bonds is 8. The zero-order chi connectivity index (χ0) is 29.1. The van der Waals surface area contributed by atoms with E-state index in [1.54, 1.807) is 49.1 Å². The molecule has 11 nitrogen and oxygen atoms in total. The molecule has 3 amide bonds. The van der Waals surface area contributed by atoms with E-state index in [2.05, 4.69) is 33.3 Å². The Kier molecular flexibility index (Phi) is 10.7. The lowest BCUT2D eigenvalue weighted by molar-refractivity contribution is -0.130. The van der Waals surface area contributed by atoms with Crippen LogP contribution < -0.4 is 30.7 Å². The van der Waals surface area contributed by atoms with Crippen molar-refractivity contribution in [3.05, 3.63) is 55.6 Å². The van der Waals surface area contributed by atoms with Gasteiger partial charge in [0.05, 0.1) is 13.1 Å². The van der Waals surface area contributed by atoms with Crippen LogP contribution in [0.2, 0.25) is 0 Å². The Morgan fingerprint density at radius 3 is 2.55 bits per heavy atom. The molecule has 1 aliphatic heterocycles. The first kappa shape index (κ1) is 29.7. The summed E-state index contributed by atoms with van der Waals surface area (Å²) in [7, 11) is 0. The van der Waals surface area contributed by atoms with Crippen LogP contribution in [0.5, 0.6) is 0 Å². The lowest BCUT2D eigenvalue weighted by atomic mass is 10.2. The van der Waals surface area contributed by atoms with Crippen molar-refractivity contribution >= 4 is 51.9 Å². The molecular formula is C28H29N7O4S. The van der Waals surface area contributed by atoms with E-state index in [9.17, 15) is 24.4 Å². The average molecular weight is 560 g/mol. The fourth-order valence-corrected chi connectivity index (χ4v) is 4.82. The predicted molar refractivity (Wildman–Crippen MR) is 153 cm³/mol. The molecule has 0 spiro atoms. The molecule has 3 rings (SSSR count). The molecule has 0 unspecified atom stereocenters. The highest BCUT2D eigenvalue weighted by atomic mass is 32.1. The first-order valence-electron chi connectivity index (χ1n) is 12.5. The molecule has 0 bridgehead atoms. The molecule has 1 aromatic carbocycles. The normalized spacial score (nSPS) is 12.7. The Hall–Kier alpha value is -4.83. The lowest BCUT2D eigenvalue weighted by Gasteiger charge is -2.33. The number of nitrogens with one attached hydrogen (secondary N) is 3. The molecule has 1 aromatic heterocycles. The van der Waals surface area contributed by atoms with E-state index >= 15 is 0 Å². The summed E-state index contributed by atoms with van der Waals surface area (Å²) in [5.74, 6) is 1.47. The summed E-state index contributed by atoms with van der Waals surface area (Å²) in [4.78, 5) is 52.7. The maximum Gasteiger partial charge on any atom is 0.277 e. The molecule has 0 aliphatic carbocycles. The second-order valence-electron chi connectivity index (χ2n) is 8.63. The van der Waals surface area contributed by atoms with Gasteiger partial charge in [-0.15, -0.1) is 6.42 Å². The molecule has 1 saturated heterocycles. The van der Waals surface area contributed by atoms with Gasteiger partial charge in [0.1, 0.15) is 15.3 Å². The number of piperazine rings is 1. The molecule has 206 valence electrons. The zero-order valence-corrected chi connectivity index (χ0v) is 23.1. The van der Waals surface area contributed by atoms with Gasteiger partial charge in [-0.3, -0.25) is 28.6 Å². The minimum atomic E-state index is -0.672. The number of terminal acetylenes is 1. The number of amides is 3. The van der Waals surface area contributed by atoms with Gasteiger partial charge < -0.3 is 20.9 Å². The highest BCUT2D eigenvalue weighted by Crippen LogP contribution is 2.15. The number of nitriles is 1. The summed E-state index contributed by atoms with van der Waals surface area (Å²) in [5.41, 5.74) is 6.26. The Bertz CT molecular complexity index is 1620. The van der Waals surface area contributed by atoms with Gasteiger partial charge in [-0.05, 0) is 25.1 Å². The van der Waals surface area contributed by atoms with Crippen molar-refractivity contribution in [3.8, 4) is 18.4 Å². The largest absolute Gasteiger partial charge is 0.355 e. The van der Waals surface area contributed by atoms with E-state index in [1.165, 1.54) is 10.8 Å². The molecule has 3 N–H and O–H groups in total. The summed E-state index contributed by atoms with van der Waals surface area (Å²) in [6, 6.07) is 8.87. The number of hydrogen-bond acceptors (Lipinski definition) is 8. The fraction of sp³-hybridized carbons (Fsp3) is 0.321. The molecular weight excluding hydrogens is 530 g/mol. The van der Waals surface area contributed by atoms with Crippen LogP contribution in [0.3, 0.4) is 0 Å². The van der Waals surface area contributed by atoms with Gasteiger partial charge in [-0.25, -0.2) is 0 Å². The number of benzene rings is 1. The number of thiazole rings is 1. The van der Waals surface area contributed by atoms with Crippen LogP contribution in [0.15, 0.2) is 40.8 Å². The van der Waals surface area contributed by atoms with Crippen LogP contribution in [-0.4, -0.2) is 71.4 Å². The summed E-state index contributed by atoms with van der Waals surface area (Å²) < 4.78 is 1.96. The zero-order valence-electron chi connectivity index (χ0n) is 22.2. The summed E-state index contributed by atoms with van der Waals surface area (Å²) >= 11 is 1.04. The van der Waals surface area contributed by atoms with Gasteiger partial charge in [0, 0.05) is 57.2 Å². The molecule has 0 atom stereocenters. The molecule has 2 aromatic rings. The van der Waals surface area contributed by atoms with Gasteiger partial charge in [0.25, 0.3) is 11.5 Å². The van der Waals surface area contributed by atoms with Crippen molar-refractivity contribution in [2.45, 2.75) is 20.4 Å². The third-order valence-corrected chi connectivity index (χ3v) is 6.91. The molecule has 0 radical (unpaired) electrons. The van der Waals surface area contributed by atoms with E-state index < -0.39 is 5.91 Å². The number of anilines is 2. The van der Waals surface area contributed by atoms with Crippen molar-refractivity contribution in [3.63, 3.8) is 0 Å². The van der Waals surface area contributed by atoms with Crippen LogP contribution >= 0.6 is 11.3 Å². The third kappa shape index (κ3) is 8.08. The third-order valence-electron chi connectivity index (χ3n) is 5.89. The second kappa shape index (κ2) is 14.4. The van der Waals surface area contributed by atoms with Crippen molar-refractivity contribution in [1.82, 2.24) is 19.7 Å². The smallest absolute Gasteiger partial charge is 0.277 e. The van der Waals surface area contributed by atoms with Crippen molar-refractivity contribution in [2.75, 3.05) is 49.9 Å². The number of carbonyl (C=O) groups is 3. The maximum atomic E-state index is 12.8. The Labute approximate surface area is 235 Å². The molecule has 1 aliphatic rings.